The van der Waals surface area contributed by atoms with Gasteiger partial charge in [0, 0.05) is 11.8 Å². The van der Waals surface area contributed by atoms with E-state index >= 15 is 0 Å². The monoisotopic (exact) mass is 278 g/mol. The van der Waals surface area contributed by atoms with E-state index in [-0.39, 0.29) is 4.90 Å². The number of benzene rings is 2. The summed E-state index contributed by atoms with van der Waals surface area (Å²) in [5.74, 6) is 0. The molecule has 100 valence electrons. The van der Waals surface area contributed by atoms with Crippen molar-refractivity contribution >= 4 is 9.84 Å². The van der Waals surface area contributed by atoms with Gasteiger partial charge in [-0.1, -0.05) is 30.3 Å². The highest BCUT2D eigenvalue weighted by Crippen LogP contribution is 2.24. The van der Waals surface area contributed by atoms with Gasteiger partial charge >= 0.3 is 0 Å². The first-order chi connectivity index (χ1) is 8.88. The Kier molecular flexibility index (Phi) is 3.71. The van der Waals surface area contributed by atoms with Gasteiger partial charge in [-0.3, -0.25) is 0 Å². The van der Waals surface area contributed by atoms with E-state index in [4.69, 9.17) is 10.2 Å². The smallest absolute Gasteiger partial charge is 0.178 e. The number of hydrogen-bond acceptors (Lipinski definition) is 4. The van der Waals surface area contributed by atoms with Crippen molar-refractivity contribution in [3.63, 3.8) is 0 Å². The van der Waals surface area contributed by atoms with Crippen LogP contribution in [0.25, 0.3) is 11.1 Å². The van der Waals surface area contributed by atoms with Crippen LogP contribution in [0.3, 0.4) is 0 Å². The minimum absolute atomic E-state index is 0.259. The fraction of sp³-hybridized carbons (Fsp3) is 0.143. The minimum Gasteiger partial charge on any atom is -0.364 e. The summed E-state index contributed by atoms with van der Waals surface area (Å²) in [5.41, 5.74) is 2.00. The molecule has 2 aromatic carbocycles. The van der Waals surface area contributed by atoms with Crippen LogP contribution in [0.15, 0.2) is 53.4 Å². The summed E-state index contributed by atoms with van der Waals surface area (Å²) in [5, 5.41) is 18.2. The van der Waals surface area contributed by atoms with Crippen LogP contribution in [0.2, 0.25) is 0 Å². The zero-order chi connectivity index (χ0) is 14.0. The van der Waals surface area contributed by atoms with E-state index in [1.807, 2.05) is 6.07 Å². The van der Waals surface area contributed by atoms with Gasteiger partial charge in [0.15, 0.2) is 16.1 Å². The molecule has 0 amide bonds. The normalized spacial score (nSPS) is 11.8. The van der Waals surface area contributed by atoms with Crippen molar-refractivity contribution in [2.45, 2.75) is 11.2 Å². The largest absolute Gasteiger partial charge is 0.364 e. The third-order valence-electron chi connectivity index (χ3n) is 2.80. The Bertz CT molecular complexity index is 673. The van der Waals surface area contributed by atoms with Crippen molar-refractivity contribution in [2.24, 2.45) is 0 Å². The lowest BCUT2D eigenvalue weighted by Gasteiger charge is -2.07. The lowest BCUT2D eigenvalue weighted by Crippen LogP contribution is -1.97. The lowest BCUT2D eigenvalue weighted by molar-refractivity contribution is -0.0424. The molecular formula is C14H14O4S. The molecule has 4 nitrogen and oxygen atoms in total. The van der Waals surface area contributed by atoms with Crippen LogP contribution in [0.1, 0.15) is 11.9 Å². The summed E-state index contributed by atoms with van der Waals surface area (Å²) in [6.45, 7) is 0. The summed E-state index contributed by atoms with van der Waals surface area (Å²) >= 11 is 0. The topological polar surface area (TPSA) is 74.6 Å². The Hall–Kier alpha value is -1.69. The Balaban J connectivity index is 2.40. The molecule has 0 aliphatic carbocycles. The van der Waals surface area contributed by atoms with E-state index in [1.54, 1.807) is 30.3 Å². The number of hydrogen-bond donors (Lipinski definition) is 2. The van der Waals surface area contributed by atoms with Crippen LogP contribution in [0.4, 0.5) is 0 Å². The van der Waals surface area contributed by atoms with E-state index in [9.17, 15) is 8.42 Å². The molecule has 2 aromatic rings. The fourth-order valence-electron chi connectivity index (χ4n) is 1.77. The van der Waals surface area contributed by atoms with E-state index < -0.39 is 16.1 Å². The molecule has 0 aliphatic rings. The summed E-state index contributed by atoms with van der Waals surface area (Å²) in [7, 11) is -3.20. The first kappa shape index (κ1) is 13.7. The quantitative estimate of drug-likeness (QED) is 0.839. The van der Waals surface area contributed by atoms with Gasteiger partial charge in [-0.25, -0.2) is 8.42 Å². The molecule has 19 heavy (non-hydrogen) atoms. The van der Waals surface area contributed by atoms with Crippen LogP contribution in [-0.4, -0.2) is 24.9 Å². The summed E-state index contributed by atoms with van der Waals surface area (Å²) < 4.78 is 22.7. The molecule has 0 bridgehead atoms. The van der Waals surface area contributed by atoms with Crippen molar-refractivity contribution < 1.29 is 18.6 Å². The van der Waals surface area contributed by atoms with Gasteiger partial charge < -0.3 is 10.2 Å². The average molecular weight is 278 g/mol. The van der Waals surface area contributed by atoms with Crippen molar-refractivity contribution in [3.8, 4) is 11.1 Å². The number of sulfone groups is 1. The van der Waals surface area contributed by atoms with Crippen molar-refractivity contribution in [2.75, 3.05) is 6.26 Å². The highest BCUT2D eigenvalue weighted by molar-refractivity contribution is 7.90. The van der Waals surface area contributed by atoms with Gasteiger partial charge in [-0.15, -0.1) is 0 Å². The fourth-order valence-corrected chi connectivity index (χ4v) is 2.40. The second-order valence-electron chi connectivity index (χ2n) is 4.30. The molecule has 2 rings (SSSR count). The van der Waals surface area contributed by atoms with Crippen molar-refractivity contribution in [1.29, 1.82) is 0 Å². The molecule has 2 N–H and O–H groups in total. The molecule has 0 saturated carbocycles. The minimum atomic E-state index is -3.20. The highest BCUT2D eigenvalue weighted by Gasteiger charge is 2.08. The molecule has 0 heterocycles. The number of aliphatic hydroxyl groups excluding tert-OH is 1. The second-order valence-corrected chi connectivity index (χ2v) is 6.31. The maximum Gasteiger partial charge on any atom is 0.178 e. The van der Waals surface area contributed by atoms with Gasteiger partial charge in [-0.05, 0) is 29.3 Å². The summed E-state index contributed by atoms with van der Waals surface area (Å²) in [6.07, 6.45) is -0.361. The Labute approximate surface area is 111 Å². The Morgan fingerprint density at radius 3 is 2.11 bits per heavy atom. The van der Waals surface area contributed by atoms with Crippen LogP contribution >= 0.6 is 0 Å². The first-order valence-corrected chi connectivity index (χ1v) is 7.53. The predicted molar refractivity (Wildman–Crippen MR) is 72.2 cm³/mol. The third kappa shape index (κ3) is 3.20. The van der Waals surface area contributed by atoms with E-state index in [2.05, 4.69) is 0 Å². The summed E-state index contributed by atoms with van der Waals surface area (Å²) in [4.78, 5) is 0.259. The molecule has 0 saturated heterocycles. The maximum atomic E-state index is 11.4. The predicted octanol–water partition coefficient (Wildman–Crippen LogP) is 1.74. The van der Waals surface area contributed by atoms with Crippen LogP contribution in [-0.2, 0) is 9.84 Å². The zero-order valence-electron chi connectivity index (χ0n) is 10.3. The molecule has 0 radical (unpaired) electrons. The van der Waals surface area contributed by atoms with Gasteiger partial charge in [-0.2, -0.15) is 0 Å². The van der Waals surface area contributed by atoms with Gasteiger partial charge in [0.05, 0.1) is 4.90 Å². The van der Waals surface area contributed by atoms with E-state index in [1.165, 1.54) is 12.1 Å². The van der Waals surface area contributed by atoms with Gasteiger partial charge in [0.25, 0.3) is 0 Å². The van der Waals surface area contributed by atoms with Crippen molar-refractivity contribution in [3.05, 3.63) is 54.1 Å². The third-order valence-corrected chi connectivity index (χ3v) is 3.93. The van der Waals surface area contributed by atoms with Crippen LogP contribution in [0, 0.1) is 0 Å². The number of aliphatic hydroxyl groups is 2. The van der Waals surface area contributed by atoms with Crippen LogP contribution < -0.4 is 0 Å². The van der Waals surface area contributed by atoms with Gasteiger partial charge in [0.2, 0.25) is 0 Å². The number of rotatable bonds is 3. The average Bonchev–Trinajstić information content (AvgIpc) is 2.38. The Morgan fingerprint density at radius 2 is 1.58 bits per heavy atom. The molecule has 0 unspecified atom stereocenters. The zero-order valence-corrected chi connectivity index (χ0v) is 11.1. The molecular weight excluding hydrogens is 264 g/mol. The highest BCUT2D eigenvalue weighted by atomic mass is 32.2. The van der Waals surface area contributed by atoms with Crippen molar-refractivity contribution in [1.82, 2.24) is 0 Å². The second kappa shape index (κ2) is 5.13. The van der Waals surface area contributed by atoms with E-state index in [0.717, 1.165) is 17.4 Å². The SMILES string of the molecule is CS(=O)(=O)c1ccc(-c2cccc(C(O)O)c2)cc1. The molecule has 0 spiro atoms. The maximum absolute atomic E-state index is 11.4. The standard InChI is InChI=1S/C14H14O4S/c1-19(17,18)13-7-5-10(6-8-13)11-3-2-4-12(9-11)14(15)16/h2-9,14-16H,1H3. The lowest BCUT2D eigenvalue weighted by atomic mass is 10.0. The van der Waals surface area contributed by atoms with E-state index in [0.29, 0.717) is 5.56 Å². The van der Waals surface area contributed by atoms with Gasteiger partial charge in [0.1, 0.15) is 0 Å². The van der Waals surface area contributed by atoms with Crippen LogP contribution in [0.5, 0.6) is 0 Å². The molecule has 0 fully saturated rings. The summed E-state index contributed by atoms with van der Waals surface area (Å²) in [6, 6.07) is 13.3. The molecule has 0 aromatic heterocycles. The first-order valence-electron chi connectivity index (χ1n) is 5.64. The molecule has 0 aliphatic heterocycles. The Morgan fingerprint density at radius 1 is 0.947 bits per heavy atom. The molecule has 5 heteroatoms. The molecule has 0 atom stereocenters.